The molecular formula is C14H18IN3O. The Kier molecular flexibility index (Phi) is 5.28. The number of benzene rings is 1. The number of hydrogen-bond acceptors (Lipinski definition) is 4. The van der Waals surface area contributed by atoms with Crippen LogP contribution in [-0.2, 0) is 0 Å². The van der Waals surface area contributed by atoms with Crippen molar-refractivity contribution in [2.45, 2.75) is 19.3 Å². The maximum atomic E-state index is 8.86. The largest absolute Gasteiger partial charge is 0.490 e. The van der Waals surface area contributed by atoms with Gasteiger partial charge < -0.3 is 15.4 Å². The summed E-state index contributed by atoms with van der Waals surface area (Å²) in [6.07, 6.45) is 3.65. The summed E-state index contributed by atoms with van der Waals surface area (Å²) < 4.78 is 6.66. The highest BCUT2D eigenvalue weighted by Crippen LogP contribution is 2.29. The van der Waals surface area contributed by atoms with E-state index in [4.69, 9.17) is 15.7 Å². The zero-order chi connectivity index (χ0) is 13.7. The summed E-state index contributed by atoms with van der Waals surface area (Å²) in [6, 6.07) is 5.56. The third-order valence-corrected chi connectivity index (χ3v) is 4.07. The van der Waals surface area contributed by atoms with E-state index in [0.717, 1.165) is 16.5 Å². The fourth-order valence-electron chi connectivity index (χ4n) is 2.30. The van der Waals surface area contributed by atoms with Gasteiger partial charge >= 0.3 is 0 Å². The predicted molar refractivity (Wildman–Crippen MR) is 84.1 cm³/mol. The van der Waals surface area contributed by atoms with Gasteiger partial charge in [0.1, 0.15) is 0 Å². The maximum Gasteiger partial charge on any atom is 0.155 e. The van der Waals surface area contributed by atoms with Gasteiger partial charge in [-0.3, -0.25) is 0 Å². The molecule has 0 radical (unpaired) electrons. The van der Waals surface area contributed by atoms with Crippen molar-refractivity contribution in [2.24, 2.45) is 0 Å². The molecule has 4 nitrogen and oxygen atoms in total. The molecular weight excluding hydrogens is 353 g/mol. The minimum atomic E-state index is 0.546. The van der Waals surface area contributed by atoms with Gasteiger partial charge in [-0.2, -0.15) is 5.26 Å². The minimum absolute atomic E-state index is 0.546. The van der Waals surface area contributed by atoms with Crippen molar-refractivity contribution in [1.29, 1.82) is 5.26 Å². The van der Waals surface area contributed by atoms with Crippen LogP contribution in [0.1, 0.15) is 24.8 Å². The second kappa shape index (κ2) is 6.96. The standard InChI is InChI=1S/C14H18IN3O/c15-12-8-11(10-16)9-13(17)14(12)19-7-3-6-18-4-1-2-5-18/h8-9H,1-7,17H2. The summed E-state index contributed by atoms with van der Waals surface area (Å²) in [6.45, 7) is 4.20. The van der Waals surface area contributed by atoms with Crippen LogP contribution in [0.3, 0.4) is 0 Å². The van der Waals surface area contributed by atoms with Gasteiger partial charge in [0.15, 0.2) is 5.75 Å². The summed E-state index contributed by atoms with van der Waals surface area (Å²) in [5.74, 6) is 0.709. The Labute approximate surface area is 127 Å². The number of hydrogen-bond donors (Lipinski definition) is 1. The number of likely N-dealkylation sites (tertiary alicyclic amines) is 1. The average molecular weight is 371 g/mol. The van der Waals surface area contributed by atoms with Crippen LogP contribution in [0.2, 0.25) is 0 Å². The molecule has 0 saturated carbocycles. The van der Waals surface area contributed by atoms with E-state index in [9.17, 15) is 0 Å². The van der Waals surface area contributed by atoms with E-state index >= 15 is 0 Å². The number of nitriles is 1. The van der Waals surface area contributed by atoms with Gasteiger partial charge in [0.2, 0.25) is 0 Å². The van der Waals surface area contributed by atoms with Gasteiger partial charge in [0.05, 0.1) is 27.5 Å². The highest BCUT2D eigenvalue weighted by Gasteiger charge is 2.11. The third kappa shape index (κ3) is 3.98. The smallest absolute Gasteiger partial charge is 0.155 e. The number of nitrogens with zero attached hydrogens (tertiary/aromatic N) is 2. The SMILES string of the molecule is N#Cc1cc(N)c(OCCCN2CCCC2)c(I)c1. The zero-order valence-corrected chi connectivity index (χ0v) is 13.0. The first-order valence-corrected chi connectivity index (χ1v) is 7.63. The second-order valence-corrected chi connectivity index (χ2v) is 5.90. The Balaban J connectivity index is 1.84. The first kappa shape index (κ1) is 14.4. The molecule has 0 aliphatic carbocycles. The molecule has 1 aliphatic heterocycles. The van der Waals surface area contributed by atoms with Gasteiger partial charge in [-0.1, -0.05) is 0 Å². The number of nitrogen functional groups attached to an aromatic ring is 1. The van der Waals surface area contributed by atoms with Crippen LogP contribution in [0.4, 0.5) is 5.69 Å². The van der Waals surface area contributed by atoms with Crippen molar-refractivity contribution in [3.05, 3.63) is 21.3 Å². The quantitative estimate of drug-likeness (QED) is 0.491. The van der Waals surface area contributed by atoms with E-state index in [1.165, 1.54) is 25.9 Å². The van der Waals surface area contributed by atoms with E-state index in [-0.39, 0.29) is 0 Å². The molecule has 1 aliphatic rings. The van der Waals surface area contributed by atoms with E-state index in [1.807, 2.05) is 0 Å². The lowest BCUT2D eigenvalue weighted by atomic mass is 10.2. The normalized spacial score (nSPS) is 15.4. The highest BCUT2D eigenvalue weighted by molar-refractivity contribution is 14.1. The summed E-state index contributed by atoms with van der Waals surface area (Å²) in [7, 11) is 0. The maximum absolute atomic E-state index is 8.86. The average Bonchev–Trinajstić information content (AvgIpc) is 2.89. The van der Waals surface area contributed by atoms with Crippen LogP contribution in [0.5, 0.6) is 5.75 Å². The number of nitrogens with two attached hydrogens (primary N) is 1. The van der Waals surface area contributed by atoms with E-state index in [0.29, 0.717) is 23.6 Å². The molecule has 0 amide bonds. The summed E-state index contributed by atoms with van der Waals surface area (Å²) in [5.41, 5.74) is 7.03. The van der Waals surface area contributed by atoms with Gasteiger partial charge in [0, 0.05) is 6.54 Å². The topological polar surface area (TPSA) is 62.3 Å². The zero-order valence-electron chi connectivity index (χ0n) is 10.9. The molecule has 1 fully saturated rings. The number of rotatable bonds is 5. The Morgan fingerprint density at radius 3 is 2.74 bits per heavy atom. The van der Waals surface area contributed by atoms with Crippen LogP contribution in [-0.4, -0.2) is 31.1 Å². The molecule has 102 valence electrons. The molecule has 0 unspecified atom stereocenters. The van der Waals surface area contributed by atoms with Crippen molar-refractivity contribution in [2.75, 3.05) is 32.0 Å². The van der Waals surface area contributed by atoms with Crippen molar-refractivity contribution in [3.8, 4) is 11.8 Å². The lowest BCUT2D eigenvalue weighted by molar-refractivity contribution is 0.263. The molecule has 1 heterocycles. The first-order valence-electron chi connectivity index (χ1n) is 6.55. The van der Waals surface area contributed by atoms with Crippen molar-refractivity contribution in [3.63, 3.8) is 0 Å². The Hall–Kier alpha value is -1.00. The first-order chi connectivity index (χ1) is 9.20. The minimum Gasteiger partial charge on any atom is -0.490 e. The lowest BCUT2D eigenvalue weighted by Crippen LogP contribution is -2.22. The van der Waals surface area contributed by atoms with E-state index in [2.05, 4.69) is 33.6 Å². The predicted octanol–water partition coefficient (Wildman–Crippen LogP) is 2.61. The molecule has 0 atom stereocenters. The highest BCUT2D eigenvalue weighted by atomic mass is 127. The lowest BCUT2D eigenvalue weighted by Gasteiger charge is -2.15. The molecule has 1 aromatic rings. The van der Waals surface area contributed by atoms with Gasteiger partial charge in [-0.05, 0) is 67.1 Å². The molecule has 0 spiro atoms. The number of halogens is 1. The van der Waals surface area contributed by atoms with Crippen LogP contribution < -0.4 is 10.5 Å². The Morgan fingerprint density at radius 2 is 2.11 bits per heavy atom. The Bertz CT molecular complexity index is 455. The monoisotopic (exact) mass is 371 g/mol. The molecule has 19 heavy (non-hydrogen) atoms. The molecule has 0 bridgehead atoms. The van der Waals surface area contributed by atoms with Crippen molar-refractivity contribution < 1.29 is 4.74 Å². The van der Waals surface area contributed by atoms with Crippen LogP contribution in [0.15, 0.2) is 12.1 Å². The van der Waals surface area contributed by atoms with E-state index in [1.54, 1.807) is 12.1 Å². The summed E-state index contributed by atoms with van der Waals surface area (Å²) >= 11 is 2.16. The number of ether oxygens (including phenoxy) is 1. The van der Waals surface area contributed by atoms with Crippen LogP contribution in [0, 0.1) is 14.9 Å². The molecule has 1 aromatic carbocycles. The number of anilines is 1. The van der Waals surface area contributed by atoms with E-state index < -0.39 is 0 Å². The second-order valence-electron chi connectivity index (χ2n) is 4.74. The van der Waals surface area contributed by atoms with Crippen molar-refractivity contribution >= 4 is 28.3 Å². The summed E-state index contributed by atoms with van der Waals surface area (Å²) in [4.78, 5) is 2.47. The molecule has 1 saturated heterocycles. The van der Waals surface area contributed by atoms with Gasteiger partial charge in [-0.15, -0.1) is 0 Å². The summed E-state index contributed by atoms with van der Waals surface area (Å²) in [5, 5.41) is 8.86. The Morgan fingerprint density at radius 1 is 1.37 bits per heavy atom. The third-order valence-electron chi connectivity index (χ3n) is 3.27. The molecule has 5 heteroatoms. The van der Waals surface area contributed by atoms with Crippen molar-refractivity contribution in [1.82, 2.24) is 4.90 Å². The van der Waals surface area contributed by atoms with Gasteiger partial charge in [0.25, 0.3) is 0 Å². The fraction of sp³-hybridized carbons (Fsp3) is 0.500. The molecule has 2 rings (SSSR count). The molecule has 0 aromatic heterocycles. The van der Waals surface area contributed by atoms with Crippen LogP contribution in [0.25, 0.3) is 0 Å². The van der Waals surface area contributed by atoms with Crippen LogP contribution >= 0.6 is 22.6 Å². The fourth-order valence-corrected chi connectivity index (χ4v) is 3.10. The molecule has 2 N–H and O–H groups in total. The van der Waals surface area contributed by atoms with Gasteiger partial charge in [-0.25, -0.2) is 0 Å².